The van der Waals surface area contributed by atoms with E-state index >= 15 is 0 Å². The number of aromatic nitrogens is 2. The summed E-state index contributed by atoms with van der Waals surface area (Å²) >= 11 is 0. The van der Waals surface area contributed by atoms with Gasteiger partial charge in [0.15, 0.2) is 5.69 Å². The van der Waals surface area contributed by atoms with Crippen molar-refractivity contribution in [1.29, 1.82) is 0 Å². The van der Waals surface area contributed by atoms with Crippen LogP contribution in [0.1, 0.15) is 36.5 Å². The molecule has 0 aliphatic heterocycles. The average Bonchev–Trinajstić information content (AvgIpc) is 2.78. The van der Waals surface area contributed by atoms with Gasteiger partial charge in [0.25, 0.3) is 0 Å². The number of hydrogen-bond acceptors (Lipinski definition) is 5. The first-order valence-electron chi connectivity index (χ1n) is 5.77. The molecule has 96 valence electrons. The lowest BCUT2D eigenvalue weighted by molar-refractivity contribution is 0.0519. The molecule has 17 heavy (non-hydrogen) atoms. The molecule has 0 radical (unpaired) electrons. The van der Waals surface area contributed by atoms with Gasteiger partial charge in [0.2, 0.25) is 0 Å². The SMILES string of the molecule is CCOC(=O)c1cc(CNCC(O)CC)[nH]n1. The Hall–Kier alpha value is -1.40. The summed E-state index contributed by atoms with van der Waals surface area (Å²) in [5.41, 5.74) is 1.07. The minimum Gasteiger partial charge on any atom is -0.461 e. The second kappa shape index (κ2) is 7.03. The maximum atomic E-state index is 11.3. The molecule has 0 aromatic carbocycles. The number of hydrogen-bond donors (Lipinski definition) is 3. The predicted octanol–water partition coefficient (Wildman–Crippen LogP) is 0.447. The van der Waals surface area contributed by atoms with E-state index in [0.29, 0.717) is 26.1 Å². The Morgan fingerprint density at radius 3 is 3.06 bits per heavy atom. The summed E-state index contributed by atoms with van der Waals surface area (Å²) in [6, 6.07) is 1.64. The van der Waals surface area contributed by atoms with E-state index in [-0.39, 0.29) is 11.8 Å². The van der Waals surface area contributed by atoms with Gasteiger partial charge >= 0.3 is 5.97 Å². The molecule has 1 atom stereocenters. The van der Waals surface area contributed by atoms with Gasteiger partial charge < -0.3 is 15.2 Å². The van der Waals surface area contributed by atoms with E-state index in [1.54, 1.807) is 13.0 Å². The number of aliphatic hydroxyl groups is 1. The monoisotopic (exact) mass is 241 g/mol. The van der Waals surface area contributed by atoms with Crippen molar-refractivity contribution in [1.82, 2.24) is 15.5 Å². The molecule has 1 aromatic heterocycles. The molecule has 6 heteroatoms. The fourth-order valence-electron chi connectivity index (χ4n) is 1.28. The zero-order valence-electron chi connectivity index (χ0n) is 10.2. The van der Waals surface area contributed by atoms with E-state index in [1.807, 2.05) is 6.92 Å². The summed E-state index contributed by atoms with van der Waals surface area (Å²) in [4.78, 5) is 11.3. The molecule has 0 saturated carbocycles. The number of H-pyrrole nitrogens is 1. The van der Waals surface area contributed by atoms with Crippen LogP contribution in [0.25, 0.3) is 0 Å². The zero-order valence-corrected chi connectivity index (χ0v) is 10.2. The van der Waals surface area contributed by atoms with Gasteiger partial charge in [0.05, 0.1) is 12.7 Å². The van der Waals surface area contributed by atoms with Crippen LogP contribution in [0.3, 0.4) is 0 Å². The van der Waals surface area contributed by atoms with Crippen molar-refractivity contribution in [3.05, 3.63) is 17.5 Å². The van der Waals surface area contributed by atoms with Crippen LogP contribution >= 0.6 is 0 Å². The lowest BCUT2D eigenvalue weighted by atomic mass is 10.3. The van der Waals surface area contributed by atoms with Gasteiger partial charge in [0, 0.05) is 18.8 Å². The van der Waals surface area contributed by atoms with Gasteiger partial charge in [-0.1, -0.05) is 6.92 Å². The first-order chi connectivity index (χ1) is 8.17. The van der Waals surface area contributed by atoms with Crippen LogP contribution in [0.2, 0.25) is 0 Å². The fourth-order valence-corrected chi connectivity index (χ4v) is 1.28. The Bertz CT molecular complexity index is 351. The van der Waals surface area contributed by atoms with Crippen molar-refractivity contribution in [2.75, 3.05) is 13.2 Å². The first-order valence-corrected chi connectivity index (χ1v) is 5.77. The van der Waals surface area contributed by atoms with Crippen molar-refractivity contribution < 1.29 is 14.6 Å². The number of esters is 1. The molecule has 6 nitrogen and oxygen atoms in total. The third kappa shape index (κ3) is 4.54. The van der Waals surface area contributed by atoms with Crippen molar-refractivity contribution in [3.63, 3.8) is 0 Å². The lowest BCUT2D eigenvalue weighted by Crippen LogP contribution is -2.25. The predicted molar refractivity (Wildman–Crippen MR) is 62.5 cm³/mol. The maximum absolute atomic E-state index is 11.3. The van der Waals surface area contributed by atoms with Crippen LogP contribution in [0.5, 0.6) is 0 Å². The highest BCUT2D eigenvalue weighted by Crippen LogP contribution is 2.01. The van der Waals surface area contributed by atoms with Crippen LogP contribution in [0.4, 0.5) is 0 Å². The molecule has 0 aliphatic carbocycles. The molecule has 1 rings (SSSR count). The van der Waals surface area contributed by atoms with E-state index in [9.17, 15) is 9.90 Å². The van der Waals surface area contributed by atoms with Crippen molar-refractivity contribution in [3.8, 4) is 0 Å². The molecule has 1 aromatic rings. The Morgan fingerprint density at radius 2 is 2.41 bits per heavy atom. The Labute approximate surface area is 100 Å². The summed E-state index contributed by atoms with van der Waals surface area (Å²) in [6.07, 6.45) is 0.367. The molecule has 3 N–H and O–H groups in total. The van der Waals surface area contributed by atoms with Gasteiger partial charge in [-0.15, -0.1) is 0 Å². The number of nitrogens with one attached hydrogen (secondary N) is 2. The summed E-state index contributed by atoms with van der Waals surface area (Å²) in [5.74, 6) is -0.427. The largest absolute Gasteiger partial charge is 0.461 e. The lowest BCUT2D eigenvalue weighted by Gasteiger charge is -2.07. The van der Waals surface area contributed by atoms with E-state index in [2.05, 4.69) is 15.5 Å². The second-order valence-corrected chi connectivity index (χ2v) is 3.69. The van der Waals surface area contributed by atoms with E-state index in [1.165, 1.54) is 0 Å². The summed E-state index contributed by atoms with van der Waals surface area (Å²) in [7, 11) is 0. The van der Waals surface area contributed by atoms with Crippen LogP contribution in [0, 0.1) is 0 Å². The summed E-state index contributed by atoms with van der Waals surface area (Å²) in [5, 5.41) is 19.0. The highest BCUT2D eigenvalue weighted by atomic mass is 16.5. The smallest absolute Gasteiger partial charge is 0.358 e. The second-order valence-electron chi connectivity index (χ2n) is 3.69. The number of ether oxygens (including phenoxy) is 1. The van der Waals surface area contributed by atoms with Gasteiger partial charge in [-0.3, -0.25) is 5.10 Å². The van der Waals surface area contributed by atoms with Gasteiger partial charge in [-0.2, -0.15) is 5.10 Å². The Balaban J connectivity index is 2.38. The number of carbonyl (C=O) groups excluding carboxylic acids is 1. The standard InChI is InChI=1S/C11H19N3O3/c1-3-9(15)7-12-6-8-5-10(14-13-8)11(16)17-4-2/h5,9,12,15H,3-4,6-7H2,1-2H3,(H,13,14). The van der Waals surface area contributed by atoms with Crippen molar-refractivity contribution >= 4 is 5.97 Å². The minimum absolute atomic E-state index is 0.277. The Morgan fingerprint density at radius 1 is 1.65 bits per heavy atom. The number of nitrogens with zero attached hydrogens (tertiary/aromatic N) is 1. The molecule has 1 unspecified atom stereocenters. The third-order valence-corrected chi connectivity index (χ3v) is 2.28. The van der Waals surface area contributed by atoms with Crippen LogP contribution in [0.15, 0.2) is 6.07 Å². The highest BCUT2D eigenvalue weighted by Gasteiger charge is 2.10. The van der Waals surface area contributed by atoms with Crippen molar-refractivity contribution in [2.24, 2.45) is 0 Å². The fraction of sp³-hybridized carbons (Fsp3) is 0.636. The van der Waals surface area contributed by atoms with Crippen LogP contribution in [-0.2, 0) is 11.3 Å². The van der Waals surface area contributed by atoms with Crippen molar-refractivity contribution in [2.45, 2.75) is 32.9 Å². The molecule has 0 amide bonds. The molecular formula is C11H19N3O3. The number of carbonyl (C=O) groups is 1. The number of aliphatic hydroxyl groups excluding tert-OH is 1. The zero-order chi connectivity index (χ0) is 12.7. The summed E-state index contributed by atoms with van der Waals surface area (Å²) < 4.78 is 4.82. The van der Waals surface area contributed by atoms with E-state index in [4.69, 9.17) is 4.74 Å². The topological polar surface area (TPSA) is 87.2 Å². The maximum Gasteiger partial charge on any atom is 0.358 e. The normalized spacial score (nSPS) is 12.4. The molecule has 0 fully saturated rings. The molecule has 1 heterocycles. The molecule has 0 aliphatic rings. The van der Waals surface area contributed by atoms with E-state index in [0.717, 1.165) is 5.69 Å². The third-order valence-electron chi connectivity index (χ3n) is 2.28. The van der Waals surface area contributed by atoms with E-state index < -0.39 is 5.97 Å². The molecule has 0 saturated heterocycles. The molecular weight excluding hydrogens is 222 g/mol. The molecule has 0 bridgehead atoms. The first kappa shape index (κ1) is 13.7. The number of aromatic amines is 1. The minimum atomic E-state index is -0.427. The van der Waals surface area contributed by atoms with Gasteiger partial charge in [-0.25, -0.2) is 4.79 Å². The Kier molecular flexibility index (Phi) is 5.65. The summed E-state index contributed by atoms with van der Waals surface area (Å²) in [6.45, 7) is 5.05. The average molecular weight is 241 g/mol. The number of rotatable bonds is 7. The van der Waals surface area contributed by atoms with Gasteiger partial charge in [-0.05, 0) is 19.4 Å². The van der Waals surface area contributed by atoms with Crippen LogP contribution in [-0.4, -0.2) is 40.5 Å². The van der Waals surface area contributed by atoms with Gasteiger partial charge in [0.1, 0.15) is 0 Å². The van der Waals surface area contributed by atoms with Crippen LogP contribution < -0.4 is 5.32 Å². The quantitative estimate of drug-likeness (QED) is 0.603. The molecule has 0 spiro atoms. The highest BCUT2D eigenvalue weighted by molar-refractivity contribution is 5.87.